The first kappa shape index (κ1) is 25.8. The largest absolute Gasteiger partial charge is 0.484 e. The normalized spacial score (nSPS) is 17.1. The molecule has 3 aromatic carbocycles. The van der Waals surface area contributed by atoms with Gasteiger partial charge in [0.1, 0.15) is 5.75 Å². The Morgan fingerprint density at radius 3 is 2.47 bits per heavy atom. The second-order valence-corrected chi connectivity index (χ2v) is 9.70. The molecule has 5 rings (SSSR count). The molecular formula is C29H29F2NO6. The summed E-state index contributed by atoms with van der Waals surface area (Å²) in [5.74, 6) is -1.79. The lowest BCUT2D eigenvalue weighted by Gasteiger charge is -2.28. The molecule has 3 aromatic rings. The summed E-state index contributed by atoms with van der Waals surface area (Å²) >= 11 is 0. The molecule has 1 aliphatic carbocycles. The highest BCUT2D eigenvalue weighted by Gasteiger charge is 2.35. The molecule has 1 atom stereocenters. The zero-order chi connectivity index (χ0) is 26.7. The Morgan fingerprint density at radius 2 is 1.68 bits per heavy atom. The number of ether oxygens (including phenoxy) is 4. The van der Waals surface area contributed by atoms with E-state index in [2.05, 4.69) is 5.32 Å². The van der Waals surface area contributed by atoms with Crippen molar-refractivity contribution >= 4 is 22.6 Å². The minimum Gasteiger partial charge on any atom is -0.484 e. The van der Waals surface area contributed by atoms with E-state index in [1.54, 1.807) is 6.07 Å². The number of nitrogens with one attached hydrogen (secondary N) is 1. The summed E-state index contributed by atoms with van der Waals surface area (Å²) in [5.41, 5.74) is 1.80. The average molecular weight is 526 g/mol. The van der Waals surface area contributed by atoms with Gasteiger partial charge in [-0.05, 0) is 59.0 Å². The molecule has 1 unspecified atom stereocenters. The number of rotatable bonds is 8. The Bertz CT molecular complexity index is 1330. The number of methoxy groups -OCH3 is 1. The van der Waals surface area contributed by atoms with Crippen molar-refractivity contribution in [2.24, 2.45) is 0 Å². The Balaban J connectivity index is 1.31. The number of carbonyl (C=O) groups is 2. The van der Waals surface area contributed by atoms with E-state index in [4.69, 9.17) is 18.9 Å². The molecule has 0 saturated heterocycles. The first-order chi connectivity index (χ1) is 18.3. The van der Waals surface area contributed by atoms with Gasteiger partial charge in [-0.15, -0.1) is 0 Å². The highest BCUT2D eigenvalue weighted by molar-refractivity contribution is 5.85. The quantitative estimate of drug-likeness (QED) is 0.400. The molecule has 0 spiro atoms. The molecule has 1 N–H and O–H groups in total. The summed E-state index contributed by atoms with van der Waals surface area (Å²) in [6.07, 6.45) is 0.233. The third-order valence-corrected chi connectivity index (χ3v) is 7.09. The Labute approximate surface area is 219 Å². The lowest BCUT2D eigenvalue weighted by Crippen LogP contribution is -2.42. The van der Waals surface area contributed by atoms with Crippen molar-refractivity contribution in [2.45, 2.75) is 50.0 Å². The molecule has 38 heavy (non-hydrogen) atoms. The highest BCUT2D eigenvalue weighted by atomic mass is 19.3. The maximum atomic E-state index is 13.3. The van der Waals surface area contributed by atoms with Crippen molar-refractivity contribution in [3.8, 4) is 17.2 Å². The summed E-state index contributed by atoms with van der Waals surface area (Å²) in [7, 11) is 1.36. The van der Waals surface area contributed by atoms with Crippen LogP contribution in [-0.2, 0) is 14.3 Å². The predicted octanol–water partition coefficient (Wildman–Crippen LogP) is 5.34. The number of alkyl halides is 2. The zero-order valence-electron chi connectivity index (χ0n) is 21.0. The number of halogens is 2. The number of carbonyl (C=O) groups excluding carboxylic acids is 2. The second kappa shape index (κ2) is 10.8. The van der Waals surface area contributed by atoms with E-state index in [0.717, 1.165) is 21.9 Å². The van der Waals surface area contributed by atoms with Crippen LogP contribution < -0.4 is 19.5 Å². The van der Waals surface area contributed by atoms with Crippen molar-refractivity contribution in [1.29, 1.82) is 0 Å². The van der Waals surface area contributed by atoms with E-state index in [1.165, 1.54) is 7.11 Å². The van der Waals surface area contributed by atoms with Crippen LogP contribution in [0.15, 0.2) is 54.6 Å². The van der Waals surface area contributed by atoms with Crippen molar-refractivity contribution in [1.82, 2.24) is 5.32 Å². The average Bonchev–Trinajstić information content (AvgIpc) is 3.39. The van der Waals surface area contributed by atoms with E-state index in [1.807, 2.05) is 48.5 Å². The van der Waals surface area contributed by atoms with Crippen LogP contribution in [0.1, 0.15) is 49.1 Å². The molecule has 1 aliphatic heterocycles. The van der Waals surface area contributed by atoms with Crippen LogP contribution >= 0.6 is 0 Å². The molecule has 0 bridgehead atoms. The third-order valence-electron chi connectivity index (χ3n) is 7.09. The van der Waals surface area contributed by atoms with E-state index >= 15 is 0 Å². The van der Waals surface area contributed by atoms with E-state index in [-0.39, 0.29) is 69.3 Å². The van der Waals surface area contributed by atoms with Gasteiger partial charge in [-0.2, -0.15) is 0 Å². The lowest BCUT2D eigenvalue weighted by atomic mass is 9.87. The van der Waals surface area contributed by atoms with Gasteiger partial charge >= 0.3 is 5.97 Å². The van der Waals surface area contributed by atoms with Gasteiger partial charge in [0.25, 0.3) is 5.91 Å². The molecule has 200 valence electrons. The number of fused-ring (bicyclic) bond motifs is 2. The van der Waals surface area contributed by atoms with Crippen LogP contribution in [0.4, 0.5) is 8.78 Å². The molecule has 0 aromatic heterocycles. The van der Waals surface area contributed by atoms with Crippen molar-refractivity contribution < 1.29 is 37.3 Å². The van der Waals surface area contributed by atoms with Crippen LogP contribution in [0.5, 0.6) is 17.2 Å². The van der Waals surface area contributed by atoms with Gasteiger partial charge in [0.2, 0.25) is 12.7 Å². The monoisotopic (exact) mass is 525 g/mol. The number of hydrogen-bond acceptors (Lipinski definition) is 6. The molecule has 0 radical (unpaired) electrons. The standard InChI is InChI=1S/C29H29F2NO6/c1-35-28(34)15-24(20-5-7-25-26(14-20)38-17-37-25)19-3-2-18-4-6-23(13-21(18)12-19)36-16-27(33)32-22-8-10-29(30,31)11-9-22/h2-7,12-14,22,24H,8-11,15-17H2,1H3,(H,32,33). The Kier molecular flexibility index (Phi) is 7.35. The summed E-state index contributed by atoms with van der Waals surface area (Å²) in [6.45, 7) is -0.0475. The fourth-order valence-electron chi connectivity index (χ4n) is 4.96. The summed E-state index contributed by atoms with van der Waals surface area (Å²) < 4.78 is 48.3. The SMILES string of the molecule is COC(=O)CC(c1ccc2c(c1)OCO2)c1ccc2ccc(OCC(=O)NC3CCC(F)(F)CC3)cc2c1. The van der Waals surface area contributed by atoms with E-state index in [0.29, 0.717) is 17.2 Å². The minimum absolute atomic E-state index is 0.144. The summed E-state index contributed by atoms with van der Waals surface area (Å²) in [5, 5.41) is 4.64. The topological polar surface area (TPSA) is 83.1 Å². The minimum atomic E-state index is -2.64. The number of hydrogen-bond donors (Lipinski definition) is 1. The highest BCUT2D eigenvalue weighted by Crippen LogP contribution is 2.38. The summed E-state index contributed by atoms with van der Waals surface area (Å²) in [6, 6.07) is 16.8. The van der Waals surface area contributed by atoms with Crippen molar-refractivity contribution in [3.63, 3.8) is 0 Å². The molecule has 7 nitrogen and oxygen atoms in total. The van der Waals surface area contributed by atoms with Gasteiger partial charge in [-0.3, -0.25) is 9.59 Å². The number of esters is 1. The molecule has 1 saturated carbocycles. The van der Waals surface area contributed by atoms with Crippen LogP contribution in [0, 0.1) is 0 Å². The molecule has 2 aliphatic rings. The van der Waals surface area contributed by atoms with Crippen molar-refractivity contribution in [2.75, 3.05) is 20.5 Å². The number of benzene rings is 3. The van der Waals surface area contributed by atoms with Gasteiger partial charge in [-0.1, -0.05) is 30.3 Å². The van der Waals surface area contributed by atoms with E-state index in [9.17, 15) is 18.4 Å². The van der Waals surface area contributed by atoms with Gasteiger partial charge in [0.15, 0.2) is 18.1 Å². The van der Waals surface area contributed by atoms with Crippen LogP contribution in [0.3, 0.4) is 0 Å². The first-order valence-electron chi connectivity index (χ1n) is 12.6. The van der Waals surface area contributed by atoms with Gasteiger partial charge in [0.05, 0.1) is 13.5 Å². The van der Waals surface area contributed by atoms with Gasteiger partial charge in [-0.25, -0.2) is 8.78 Å². The van der Waals surface area contributed by atoms with Crippen LogP contribution in [0.25, 0.3) is 10.8 Å². The van der Waals surface area contributed by atoms with Gasteiger partial charge < -0.3 is 24.3 Å². The molecule has 1 amide bonds. The lowest BCUT2D eigenvalue weighted by molar-refractivity contribution is -0.140. The maximum Gasteiger partial charge on any atom is 0.306 e. The smallest absolute Gasteiger partial charge is 0.306 e. The fraction of sp³-hybridized carbons (Fsp3) is 0.379. The van der Waals surface area contributed by atoms with Crippen LogP contribution in [-0.4, -0.2) is 44.4 Å². The van der Waals surface area contributed by atoms with Crippen molar-refractivity contribution in [3.05, 3.63) is 65.7 Å². The zero-order valence-corrected chi connectivity index (χ0v) is 21.0. The Hall–Kier alpha value is -3.88. The predicted molar refractivity (Wildman–Crippen MR) is 136 cm³/mol. The molecule has 1 fully saturated rings. The molecular weight excluding hydrogens is 496 g/mol. The summed E-state index contributed by atoms with van der Waals surface area (Å²) in [4.78, 5) is 24.6. The second-order valence-electron chi connectivity index (χ2n) is 9.70. The number of amides is 1. The Morgan fingerprint density at radius 1 is 0.974 bits per heavy atom. The fourth-order valence-corrected chi connectivity index (χ4v) is 4.96. The van der Waals surface area contributed by atoms with Gasteiger partial charge in [0, 0.05) is 24.8 Å². The van der Waals surface area contributed by atoms with Crippen LogP contribution in [0.2, 0.25) is 0 Å². The molecule has 9 heteroatoms. The maximum absolute atomic E-state index is 13.3. The molecule has 1 heterocycles. The first-order valence-corrected chi connectivity index (χ1v) is 12.6. The van der Waals surface area contributed by atoms with E-state index < -0.39 is 5.92 Å². The third kappa shape index (κ3) is 5.98.